The van der Waals surface area contributed by atoms with Crippen LogP contribution in [0.1, 0.15) is 13.8 Å². The van der Waals surface area contributed by atoms with E-state index in [4.69, 9.17) is 4.74 Å². The molecule has 2 heterocycles. The van der Waals surface area contributed by atoms with E-state index in [1.807, 2.05) is 6.07 Å². The Morgan fingerprint density at radius 3 is 2.95 bits per heavy atom. The van der Waals surface area contributed by atoms with Gasteiger partial charge in [0.15, 0.2) is 0 Å². The van der Waals surface area contributed by atoms with Crippen molar-refractivity contribution in [2.45, 2.75) is 19.9 Å². The predicted octanol–water partition coefficient (Wildman–Crippen LogP) is 0.723. The Labute approximate surface area is 114 Å². The molecule has 0 radical (unpaired) electrons. The van der Waals surface area contributed by atoms with Gasteiger partial charge in [-0.25, -0.2) is 9.97 Å². The molecule has 19 heavy (non-hydrogen) atoms. The maximum atomic E-state index is 5.42. The lowest BCUT2D eigenvalue weighted by Gasteiger charge is -2.24. The van der Waals surface area contributed by atoms with Gasteiger partial charge in [0, 0.05) is 38.3 Å². The molecular formula is C13H23N5O. The molecule has 1 aromatic heterocycles. The number of hydrogen-bond donors (Lipinski definition) is 2. The zero-order valence-electron chi connectivity index (χ0n) is 11.7. The third-order valence-electron chi connectivity index (χ3n) is 3.27. The van der Waals surface area contributed by atoms with Crippen molar-refractivity contribution >= 4 is 11.6 Å². The van der Waals surface area contributed by atoms with Crippen LogP contribution in [-0.2, 0) is 4.74 Å². The first-order valence-corrected chi connectivity index (χ1v) is 6.95. The van der Waals surface area contributed by atoms with Crippen molar-refractivity contribution in [3.05, 3.63) is 12.4 Å². The molecule has 106 valence electrons. The lowest BCUT2D eigenvalue weighted by atomic mass is 10.3. The molecule has 1 aliphatic rings. The third kappa shape index (κ3) is 4.04. The van der Waals surface area contributed by atoms with Crippen LogP contribution in [-0.4, -0.2) is 55.4 Å². The molecule has 1 atom stereocenters. The Balaban J connectivity index is 1.90. The van der Waals surface area contributed by atoms with Crippen molar-refractivity contribution in [2.24, 2.45) is 0 Å². The number of ether oxygens (including phenoxy) is 1. The Morgan fingerprint density at radius 1 is 1.42 bits per heavy atom. The summed E-state index contributed by atoms with van der Waals surface area (Å²) in [5.41, 5.74) is 0. The highest BCUT2D eigenvalue weighted by atomic mass is 16.5. The molecular weight excluding hydrogens is 242 g/mol. The number of anilines is 2. The number of nitrogens with one attached hydrogen (secondary N) is 2. The lowest BCUT2D eigenvalue weighted by Crippen LogP contribution is -2.45. The lowest BCUT2D eigenvalue weighted by molar-refractivity contribution is 0.0806. The first kappa shape index (κ1) is 14.0. The summed E-state index contributed by atoms with van der Waals surface area (Å²) in [6, 6.07) is 2.34. The van der Waals surface area contributed by atoms with E-state index in [9.17, 15) is 0 Å². The molecule has 2 rings (SSSR count). The fourth-order valence-electron chi connectivity index (χ4n) is 2.14. The molecule has 0 bridgehead atoms. The average molecular weight is 265 g/mol. The molecule has 1 fully saturated rings. The smallest absolute Gasteiger partial charge is 0.134 e. The highest BCUT2D eigenvalue weighted by Crippen LogP contribution is 2.13. The fourth-order valence-corrected chi connectivity index (χ4v) is 2.14. The summed E-state index contributed by atoms with van der Waals surface area (Å²) in [6.45, 7) is 9.44. The second-order valence-corrected chi connectivity index (χ2v) is 4.54. The van der Waals surface area contributed by atoms with Crippen molar-refractivity contribution in [1.82, 2.24) is 15.3 Å². The summed E-state index contributed by atoms with van der Waals surface area (Å²) in [4.78, 5) is 10.8. The summed E-state index contributed by atoms with van der Waals surface area (Å²) in [6.07, 6.45) is 1.61. The SMILES string of the molecule is CCN(CC)c1cc(NCC2COCCN2)ncn1. The Bertz CT molecular complexity index is 377. The topological polar surface area (TPSA) is 62.3 Å². The maximum Gasteiger partial charge on any atom is 0.134 e. The van der Waals surface area contributed by atoms with Crippen LogP contribution in [0.15, 0.2) is 12.4 Å². The monoisotopic (exact) mass is 265 g/mol. The van der Waals surface area contributed by atoms with E-state index >= 15 is 0 Å². The number of hydrogen-bond acceptors (Lipinski definition) is 6. The van der Waals surface area contributed by atoms with Crippen molar-refractivity contribution in [1.29, 1.82) is 0 Å². The Morgan fingerprint density at radius 2 is 2.26 bits per heavy atom. The molecule has 0 aliphatic carbocycles. The first-order valence-electron chi connectivity index (χ1n) is 6.95. The zero-order chi connectivity index (χ0) is 13.5. The summed E-state index contributed by atoms with van der Waals surface area (Å²) >= 11 is 0. The summed E-state index contributed by atoms with van der Waals surface area (Å²) in [5.74, 6) is 1.83. The van der Waals surface area contributed by atoms with Gasteiger partial charge < -0.3 is 20.3 Å². The maximum absolute atomic E-state index is 5.42. The van der Waals surface area contributed by atoms with Gasteiger partial charge in [-0.1, -0.05) is 0 Å². The van der Waals surface area contributed by atoms with Gasteiger partial charge >= 0.3 is 0 Å². The quantitative estimate of drug-likeness (QED) is 0.790. The summed E-state index contributed by atoms with van der Waals surface area (Å²) in [5, 5.41) is 6.75. The molecule has 0 amide bonds. The number of nitrogens with zero attached hydrogens (tertiary/aromatic N) is 3. The fraction of sp³-hybridized carbons (Fsp3) is 0.692. The van der Waals surface area contributed by atoms with Gasteiger partial charge in [-0.05, 0) is 13.8 Å². The molecule has 6 nitrogen and oxygen atoms in total. The molecule has 6 heteroatoms. The number of morpholine rings is 1. The number of aromatic nitrogens is 2. The van der Waals surface area contributed by atoms with Crippen LogP contribution in [0.3, 0.4) is 0 Å². The second kappa shape index (κ2) is 7.25. The molecule has 0 aromatic carbocycles. The van der Waals surface area contributed by atoms with E-state index in [1.165, 1.54) is 0 Å². The largest absolute Gasteiger partial charge is 0.378 e. The van der Waals surface area contributed by atoms with Crippen LogP contribution < -0.4 is 15.5 Å². The van der Waals surface area contributed by atoms with Gasteiger partial charge in [0.05, 0.1) is 13.2 Å². The van der Waals surface area contributed by atoms with E-state index in [0.29, 0.717) is 6.04 Å². The minimum absolute atomic E-state index is 0.348. The standard InChI is InChI=1S/C13H23N5O/c1-3-18(4-2)13-7-12(16-10-17-13)15-8-11-9-19-6-5-14-11/h7,10-11,14H,3-6,8-9H2,1-2H3,(H,15,16,17). The van der Waals surface area contributed by atoms with Crippen LogP contribution in [0.4, 0.5) is 11.6 Å². The summed E-state index contributed by atoms with van der Waals surface area (Å²) in [7, 11) is 0. The number of rotatable bonds is 6. The van der Waals surface area contributed by atoms with E-state index < -0.39 is 0 Å². The van der Waals surface area contributed by atoms with Crippen molar-refractivity contribution in [3.8, 4) is 0 Å². The molecule has 2 N–H and O–H groups in total. The van der Waals surface area contributed by atoms with E-state index in [2.05, 4.69) is 39.3 Å². The second-order valence-electron chi connectivity index (χ2n) is 4.54. The van der Waals surface area contributed by atoms with Crippen molar-refractivity contribution in [2.75, 3.05) is 49.6 Å². The molecule has 1 unspecified atom stereocenters. The van der Waals surface area contributed by atoms with Gasteiger partial charge in [0.2, 0.25) is 0 Å². The van der Waals surface area contributed by atoms with Crippen LogP contribution >= 0.6 is 0 Å². The minimum atomic E-state index is 0.348. The Hall–Kier alpha value is -1.40. The van der Waals surface area contributed by atoms with Gasteiger partial charge in [-0.15, -0.1) is 0 Å². The molecule has 1 saturated heterocycles. The van der Waals surface area contributed by atoms with E-state index in [1.54, 1.807) is 6.33 Å². The van der Waals surface area contributed by atoms with Gasteiger partial charge in [0.25, 0.3) is 0 Å². The van der Waals surface area contributed by atoms with E-state index in [0.717, 1.165) is 51.0 Å². The molecule has 1 aliphatic heterocycles. The van der Waals surface area contributed by atoms with Crippen LogP contribution in [0.2, 0.25) is 0 Å². The van der Waals surface area contributed by atoms with Gasteiger partial charge in [0.1, 0.15) is 18.0 Å². The molecule has 0 spiro atoms. The van der Waals surface area contributed by atoms with Crippen molar-refractivity contribution in [3.63, 3.8) is 0 Å². The highest BCUT2D eigenvalue weighted by Gasteiger charge is 2.13. The highest BCUT2D eigenvalue weighted by molar-refractivity contribution is 5.48. The normalized spacial score (nSPS) is 19.2. The van der Waals surface area contributed by atoms with Crippen molar-refractivity contribution < 1.29 is 4.74 Å². The predicted molar refractivity (Wildman–Crippen MR) is 76.7 cm³/mol. The first-order chi connectivity index (χ1) is 9.33. The van der Waals surface area contributed by atoms with Crippen LogP contribution in [0, 0.1) is 0 Å². The van der Waals surface area contributed by atoms with Gasteiger partial charge in [-0.2, -0.15) is 0 Å². The molecule has 1 aromatic rings. The van der Waals surface area contributed by atoms with Gasteiger partial charge in [-0.3, -0.25) is 0 Å². The van der Waals surface area contributed by atoms with E-state index in [-0.39, 0.29) is 0 Å². The summed E-state index contributed by atoms with van der Waals surface area (Å²) < 4.78 is 5.42. The molecule has 0 saturated carbocycles. The van der Waals surface area contributed by atoms with Crippen LogP contribution in [0.5, 0.6) is 0 Å². The average Bonchev–Trinajstić information content (AvgIpc) is 2.48. The zero-order valence-corrected chi connectivity index (χ0v) is 11.7. The van der Waals surface area contributed by atoms with Crippen LogP contribution in [0.25, 0.3) is 0 Å². The third-order valence-corrected chi connectivity index (χ3v) is 3.27. The minimum Gasteiger partial charge on any atom is -0.378 e. The Kier molecular flexibility index (Phi) is 5.35.